The number of ether oxygens (including phenoxy) is 1. The summed E-state index contributed by atoms with van der Waals surface area (Å²) in [6.07, 6.45) is -0.711. The van der Waals surface area contributed by atoms with Gasteiger partial charge < -0.3 is 20.1 Å². The Bertz CT molecular complexity index is 1030. The number of allylic oxidation sites excluding steroid dienone is 2. The molecular formula is C19H17F4N3O4. The molecule has 1 heterocycles. The summed E-state index contributed by atoms with van der Waals surface area (Å²) in [5.41, 5.74) is 0.0555. The fraction of sp³-hybridized carbons (Fsp3) is 0.316. The lowest BCUT2D eigenvalue weighted by Crippen LogP contribution is -2.32. The summed E-state index contributed by atoms with van der Waals surface area (Å²) in [6.45, 7) is -0.675. The number of halogens is 4. The Kier molecular flexibility index (Phi) is 6.20. The highest BCUT2D eigenvalue weighted by molar-refractivity contribution is 5.92. The number of aliphatic hydroxyl groups excluding tert-OH is 1. The van der Waals surface area contributed by atoms with E-state index in [0.717, 1.165) is 36.6 Å². The van der Waals surface area contributed by atoms with E-state index in [4.69, 9.17) is 0 Å². The molecule has 1 aliphatic carbocycles. The standard InChI is InChI=1S/C19H17F4N3O4/c20-12-7-11(5-6-15(12)30-19(21,22)23)14(9-27)25-18(29)13-8-16(28)26-17(24-13)10-3-1-2-4-10/h3,5-8,14,27H,1-2,4,9H2,(H,25,29)(H,24,26,28)/t14-/m1/s1. The van der Waals surface area contributed by atoms with Gasteiger partial charge in [0.15, 0.2) is 11.6 Å². The van der Waals surface area contributed by atoms with E-state index in [1.54, 1.807) is 0 Å². The van der Waals surface area contributed by atoms with Crippen LogP contribution in [0.5, 0.6) is 5.75 Å². The van der Waals surface area contributed by atoms with Crippen LogP contribution in [0.25, 0.3) is 5.57 Å². The topological polar surface area (TPSA) is 104 Å². The van der Waals surface area contributed by atoms with Gasteiger partial charge in [-0.05, 0) is 42.5 Å². The number of aromatic nitrogens is 2. The molecule has 1 amide bonds. The summed E-state index contributed by atoms with van der Waals surface area (Å²) in [5, 5.41) is 11.9. The maximum absolute atomic E-state index is 13.9. The summed E-state index contributed by atoms with van der Waals surface area (Å²) < 4.78 is 54.3. The monoisotopic (exact) mass is 427 g/mol. The zero-order valence-electron chi connectivity index (χ0n) is 15.4. The lowest BCUT2D eigenvalue weighted by molar-refractivity contribution is -0.275. The van der Waals surface area contributed by atoms with Gasteiger partial charge in [-0.2, -0.15) is 0 Å². The largest absolute Gasteiger partial charge is 0.573 e. The highest BCUT2D eigenvalue weighted by Crippen LogP contribution is 2.28. The van der Waals surface area contributed by atoms with Crippen molar-refractivity contribution in [3.05, 3.63) is 63.6 Å². The highest BCUT2D eigenvalue weighted by Gasteiger charge is 2.32. The number of amides is 1. The zero-order valence-corrected chi connectivity index (χ0v) is 15.4. The third-order valence-corrected chi connectivity index (χ3v) is 4.39. The lowest BCUT2D eigenvalue weighted by atomic mass is 10.1. The second-order valence-corrected chi connectivity index (χ2v) is 6.55. The van der Waals surface area contributed by atoms with Crippen LogP contribution in [0.15, 0.2) is 35.1 Å². The van der Waals surface area contributed by atoms with Crippen molar-refractivity contribution in [2.24, 2.45) is 0 Å². The third-order valence-electron chi connectivity index (χ3n) is 4.39. The van der Waals surface area contributed by atoms with Gasteiger partial charge in [-0.15, -0.1) is 13.2 Å². The number of benzene rings is 1. The first-order chi connectivity index (χ1) is 14.2. The molecule has 11 heteroatoms. The summed E-state index contributed by atoms with van der Waals surface area (Å²) in [4.78, 5) is 31.1. The minimum atomic E-state index is -5.06. The zero-order chi connectivity index (χ0) is 21.9. The van der Waals surface area contributed by atoms with Crippen LogP contribution in [0.4, 0.5) is 17.6 Å². The fourth-order valence-electron chi connectivity index (χ4n) is 3.02. The molecule has 0 fully saturated rings. The second kappa shape index (κ2) is 8.66. The minimum Gasteiger partial charge on any atom is -0.403 e. The molecule has 160 valence electrons. The molecule has 0 spiro atoms. The highest BCUT2D eigenvalue weighted by atomic mass is 19.4. The van der Waals surface area contributed by atoms with Crippen LogP contribution in [0.3, 0.4) is 0 Å². The predicted octanol–water partition coefficient (Wildman–Crippen LogP) is 2.84. The number of nitrogens with one attached hydrogen (secondary N) is 2. The van der Waals surface area contributed by atoms with Gasteiger partial charge in [0, 0.05) is 6.07 Å². The van der Waals surface area contributed by atoms with Crippen LogP contribution in [0, 0.1) is 5.82 Å². The maximum atomic E-state index is 13.9. The molecule has 1 aromatic heterocycles. The first-order valence-electron chi connectivity index (χ1n) is 8.94. The Morgan fingerprint density at radius 2 is 2.10 bits per heavy atom. The minimum absolute atomic E-state index is 0.00133. The molecule has 1 aromatic carbocycles. The molecule has 3 rings (SSSR count). The van der Waals surface area contributed by atoms with Crippen molar-refractivity contribution in [2.45, 2.75) is 31.7 Å². The number of carbonyl (C=O) groups is 1. The van der Waals surface area contributed by atoms with Gasteiger partial charge in [0.25, 0.3) is 11.5 Å². The molecule has 0 bridgehead atoms. The Balaban J connectivity index is 1.80. The molecule has 3 N–H and O–H groups in total. The maximum Gasteiger partial charge on any atom is 0.573 e. The molecule has 0 unspecified atom stereocenters. The third kappa shape index (κ3) is 5.23. The van der Waals surface area contributed by atoms with Gasteiger partial charge >= 0.3 is 6.36 Å². The summed E-state index contributed by atoms with van der Waals surface area (Å²) in [7, 11) is 0. The van der Waals surface area contributed by atoms with Gasteiger partial charge in [0.05, 0.1) is 12.6 Å². The smallest absolute Gasteiger partial charge is 0.403 e. The predicted molar refractivity (Wildman–Crippen MR) is 97.1 cm³/mol. The van der Waals surface area contributed by atoms with E-state index < -0.39 is 42.0 Å². The van der Waals surface area contributed by atoms with E-state index in [-0.39, 0.29) is 17.1 Å². The molecule has 0 radical (unpaired) electrons. The van der Waals surface area contributed by atoms with Gasteiger partial charge in [0.1, 0.15) is 11.5 Å². The van der Waals surface area contributed by atoms with Crippen molar-refractivity contribution in [1.29, 1.82) is 0 Å². The fourth-order valence-corrected chi connectivity index (χ4v) is 3.02. The van der Waals surface area contributed by atoms with Gasteiger partial charge in [-0.3, -0.25) is 9.59 Å². The lowest BCUT2D eigenvalue weighted by Gasteiger charge is -2.18. The van der Waals surface area contributed by atoms with E-state index in [2.05, 4.69) is 20.0 Å². The van der Waals surface area contributed by atoms with E-state index in [0.29, 0.717) is 12.5 Å². The average Bonchev–Trinajstić information content (AvgIpc) is 3.21. The number of hydrogen-bond donors (Lipinski definition) is 3. The summed E-state index contributed by atoms with van der Waals surface area (Å²) in [6, 6.07) is 2.35. The Morgan fingerprint density at radius 1 is 1.33 bits per heavy atom. The van der Waals surface area contributed by atoms with Crippen LogP contribution in [0.1, 0.15) is 47.2 Å². The van der Waals surface area contributed by atoms with Crippen LogP contribution >= 0.6 is 0 Å². The average molecular weight is 427 g/mol. The first-order valence-corrected chi connectivity index (χ1v) is 8.94. The number of rotatable bonds is 6. The quantitative estimate of drug-likeness (QED) is 0.615. The van der Waals surface area contributed by atoms with Crippen molar-refractivity contribution in [1.82, 2.24) is 15.3 Å². The van der Waals surface area contributed by atoms with Crippen LogP contribution < -0.4 is 15.6 Å². The van der Waals surface area contributed by atoms with E-state index >= 15 is 0 Å². The van der Waals surface area contributed by atoms with Gasteiger partial charge in [0.2, 0.25) is 0 Å². The van der Waals surface area contributed by atoms with Gasteiger partial charge in [-0.25, -0.2) is 9.37 Å². The number of carbonyl (C=O) groups excluding carboxylic acids is 1. The summed E-state index contributed by atoms with van der Waals surface area (Å²) >= 11 is 0. The van der Waals surface area contributed by atoms with Crippen molar-refractivity contribution in [3.63, 3.8) is 0 Å². The number of aliphatic hydroxyl groups is 1. The van der Waals surface area contributed by atoms with Crippen molar-refractivity contribution in [3.8, 4) is 5.75 Å². The van der Waals surface area contributed by atoms with Crippen LogP contribution in [-0.2, 0) is 0 Å². The number of alkyl halides is 3. The molecule has 0 aliphatic heterocycles. The molecule has 7 nitrogen and oxygen atoms in total. The van der Waals surface area contributed by atoms with Crippen molar-refractivity contribution in [2.75, 3.05) is 6.61 Å². The van der Waals surface area contributed by atoms with E-state index in [1.807, 2.05) is 6.08 Å². The number of H-pyrrole nitrogens is 1. The van der Waals surface area contributed by atoms with E-state index in [9.17, 15) is 32.3 Å². The van der Waals surface area contributed by atoms with Crippen LogP contribution in [-0.4, -0.2) is 34.0 Å². The molecular weight excluding hydrogens is 410 g/mol. The SMILES string of the molecule is O=C(N[C@H](CO)c1ccc(OC(F)(F)F)c(F)c1)c1cc(=O)[nH]c(C2=CCCC2)n1. The molecule has 1 aliphatic rings. The molecule has 30 heavy (non-hydrogen) atoms. The van der Waals surface area contributed by atoms with Gasteiger partial charge in [-0.1, -0.05) is 12.1 Å². The Labute approximate surface area is 167 Å². The Hall–Kier alpha value is -3.21. The molecule has 2 aromatic rings. The summed E-state index contributed by atoms with van der Waals surface area (Å²) in [5.74, 6) is -2.90. The normalized spacial score (nSPS) is 14.9. The second-order valence-electron chi connectivity index (χ2n) is 6.55. The number of aromatic amines is 1. The first kappa shape index (κ1) is 21.5. The van der Waals surface area contributed by atoms with Crippen molar-refractivity contribution < 1.29 is 32.2 Å². The Morgan fingerprint density at radius 3 is 2.70 bits per heavy atom. The van der Waals surface area contributed by atoms with E-state index in [1.165, 1.54) is 0 Å². The molecule has 0 saturated heterocycles. The number of hydrogen-bond acceptors (Lipinski definition) is 5. The number of nitrogens with zero attached hydrogens (tertiary/aromatic N) is 1. The molecule has 1 atom stereocenters. The van der Waals surface area contributed by atoms with Crippen molar-refractivity contribution >= 4 is 11.5 Å². The van der Waals surface area contributed by atoms with Crippen LogP contribution in [0.2, 0.25) is 0 Å². The molecule has 0 saturated carbocycles.